The molecule has 28 heavy (non-hydrogen) atoms. The maximum atomic E-state index is 10.8. The number of aliphatic hydroxyl groups excluding tert-OH is 1. The molecule has 0 atom stereocenters. The minimum Gasteiger partial charge on any atom is -0.507 e. The van der Waals surface area contributed by atoms with Gasteiger partial charge in [0.15, 0.2) is 0 Å². The van der Waals surface area contributed by atoms with Crippen LogP contribution in [0.5, 0.6) is 0 Å². The smallest absolute Gasteiger partial charge is 0.123 e. The lowest BCUT2D eigenvalue weighted by Crippen LogP contribution is -2.34. The third-order valence-electron chi connectivity index (χ3n) is 6.51. The van der Waals surface area contributed by atoms with Crippen LogP contribution in [0.2, 0.25) is 0 Å². The van der Waals surface area contributed by atoms with E-state index in [1.807, 2.05) is 38.1 Å². The lowest BCUT2D eigenvalue weighted by molar-refractivity contribution is 0.332. The molecule has 3 rings (SSSR count). The Kier molecular flexibility index (Phi) is 5.32. The van der Waals surface area contributed by atoms with E-state index in [4.69, 9.17) is 0 Å². The molecule has 1 heteroatoms. The largest absolute Gasteiger partial charge is 0.507 e. The SMILES string of the molecule is C/C=C(\C)C=C(O)c1ccccc1-c1cc2c(cc1C)C(C)(C)CCC2(C)C. The van der Waals surface area contributed by atoms with Crippen LogP contribution < -0.4 is 0 Å². The summed E-state index contributed by atoms with van der Waals surface area (Å²) in [4.78, 5) is 0. The summed E-state index contributed by atoms with van der Waals surface area (Å²) in [5, 5.41) is 10.8. The first kappa shape index (κ1) is 20.5. The summed E-state index contributed by atoms with van der Waals surface area (Å²) in [6.45, 7) is 15.6. The quantitative estimate of drug-likeness (QED) is 0.428. The minimum absolute atomic E-state index is 0.168. The summed E-state index contributed by atoms with van der Waals surface area (Å²) in [6, 6.07) is 13.0. The van der Waals surface area contributed by atoms with Crippen molar-refractivity contribution in [1.82, 2.24) is 0 Å². The maximum Gasteiger partial charge on any atom is 0.123 e. The van der Waals surface area contributed by atoms with E-state index < -0.39 is 0 Å². The third-order valence-corrected chi connectivity index (χ3v) is 6.51. The highest BCUT2D eigenvalue weighted by Crippen LogP contribution is 2.48. The molecule has 0 aliphatic heterocycles. The van der Waals surface area contributed by atoms with Gasteiger partial charge in [-0.1, -0.05) is 75.7 Å². The first-order valence-corrected chi connectivity index (χ1v) is 10.4. The first-order chi connectivity index (χ1) is 13.1. The van der Waals surface area contributed by atoms with Crippen molar-refractivity contribution in [2.45, 2.75) is 72.1 Å². The fourth-order valence-corrected chi connectivity index (χ4v) is 4.33. The fourth-order valence-electron chi connectivity index (χ4n) is 4.33. The molecule has 0 saturated carbocycles. The topological polar surface area (TPSA) is 20.2 Å². The number of fused-ring (bicyclic) bond motifs is 1. The lowest BCUT2D eigenvalue weighted by atomic mass is 9.62. The van der Waals surface area contributed by atoms with Gasteiger partial charge in [-0.15, -0.1) is 0 Å². The van der Waals surface area contributed by atoms with Gasteiger partial charge in [-0.25, -0.2) is 0 Å². The molecule has 1 aliphatic rings. The zero-order valence-corrected chi connectivity index (χ0v) is 18.5. The average Bonchev–Trinajstić information content (AvgIpc) is 2.65. The Balaban J connectivity index is 2.24. The number of hydrogen-bond donors (Lipinski definition) is 1. The molecule has 0 amide bonds. The number of allylic oxidation sites excluding steroid dienone is 3. The van der Waals surface area contributed by atoms with E-state index in [2.05, 4.69) is 58.9 Å². The van der Waals surface area contributed by atoms with Crippen molar-refractivity contribution in [1.29, 1.82) is 0 Å². The Morgan fingerprint density at radius 2 is 1.50 bits per heavy atom. The van der Waals surface area contributed by atoms with Gasteiger partial charge in [-0.3, -0.25) is 0 Å². The second-order valence-corrected chi connectivity index (χ2v) is 9.59. The molecule has 0 spiro atoms. The van der Waals surface area contributed by atoms with Crippen LogP contribution in [0.25, 0.3) is 16.9 Å². The normalized spacial score (nSPS) is 18.7. The van der Waals surface area contributed by atoms with Gasteiger partial charge in [0.05, 0.1) is 0 Å². The summed E-state index contributed by atoms with van der Waals surface area (Å²) < 4.78 is 0. The Morgan fingerprint density at radius 1 is 0.929 bits per heavy atom. The number of benzene rings is 2. The van der Waals surface area contributed by atoms with Crippen molar-refractivity contribution in [3.63, 3.8) is 0 Å². The van der Waals surface area contributed by atoms with Gasteiger partial charge < -0.3 is 5.11 Å². The predicted octanol–water partition coefficient (Wildman–Crippen LogP) is 7.88. The first-order valence-electron chi connectivity index (χ1n) is 10.4. The average molecular weight is 375 g/mol. The fraction of sp³-hybridized carbons (Fsp3) is 0.407. The van der Waals surface area contributed by atoms with E-state index in [-0.39, 0.29) is 10.8 Å². The van der Waals surface area contributed by atoms with Crippen molar-refractivity contribution < 1.29 is 5.11 Å². The third kappa shape index (κ3) is 3.68. The summed E-state index contributed by atoms with van der Waals surface area (Å²) >= 11 is 0. The Labute approximate surface area is 170 Å². The van der Waals surface area contributed by atoms with Crippen LogP contribution in [0.1, 0.15) is 76.6 Å². The second kappa shape index (κ2) is 7.28. The standard InChI is InChI=1S/C27H34O/c1-8-18(2)15-25(28)21-12-10-9-11-20(21)22-17-24-23(16-19(22)3)26(4,5)13-14-27(24,6)7/h8-12,15-17,28H,13-14H2,1-7H3/b18-8+,25-15?. The van der Waals surface area contributed by atoms with Crippen molar-refractivity contribution >= 4 is 5.76 Å². The maximum absolute atomic E-state index is 10.8. The molecule has 0 aromatic heterocycles. The van der Waals surface area contributed by atoms with Crippen molar-refractivity contribution in [3.8, 4) is 11.1 Å². The molecule has 0 heterocycles. The highest BCUT2D eigenvalue weighted by molar-refractivity contribution is 5.81. The van der Waals surface area contributed by atoms with E-state index in [1.54, 1.807) is 0 Å². The van der Waals surface area contributed by atoms with Crippen LogP contribution in [0.4, 0.5) is 0 Å². The molecular weight excluding hydrogens is 340 g/mol. The zero-order chi connectivity index (χ0) is 20.7. The highest BCUT2D eigenvalue weighted by atomic mass is 16.3. The summed E-state index contributed by atoms with van der Waals surface area (Å²) in [7, 11) is 0. The van der Waals surface area contributed by atoms with E-state index >= 15 is 0 Å². The summed E-state index contributed by atoms with van der Waals surface area (Å²) in [6.07, 6.45) is 6.27. The van der Waals surface area contributed by atoms with Gasteiger partial charge in [-0.2, -0.15) is 0 Å². The van der Waals surface area contributed by atoms with E-state index in [9.17, 15) is 5.11 Å². The van der Waals surface area contributed by atoms with Crippen LogP contribution in [-0.2, 0) is 10.8 Å². The van der Waals surface area contributed by atoms with E-state index in [1.165, 1.54) is 35.1 Å². The van der Waals surface area contributed by atoms with Gasteiger partial charge in [0.2, 0.25) is 0 Å². The molecule has 1 aliphatic carbocycles. The molecule has 0 saturated heterocycles. The number of aliphatic hydroxyl groups is 1. The molecule has 0 radical (unpaired) electrons. The van der Waals surface area contributed by atoms with E-state index in [0.29, 0.717) is 5.76 Å². The monoisotopic (exact) mass is 374 g/mol. The number of aryl methyl sites for hydroxylation is 1. The van der Waals surface area contributed by atoms with E-state index in [0.717, 1.165) is 16.7 Å². The molecular formula is C27H34O. The Hall–Kier alpha value is -2.28. The predicted molar refractivity (Wildman–Crippen MR) is 122 cm³/mol. The Bertz CT molecular complexity index is 954. The summed E-state index contributed by atoms with van der Waals surface area (Å²) in [5.74, 6) is 0.322. The van der Waals surface area contributed by atoms with Crippen molar-refractivity contribution in [3.05, 3.63) is 76.4 Å². The molecule has 1 nitrogen and oxygen atoms in total. The van der Waals surface area contributed by atoms with Crippen LogP contribution in [0, 0.1) is 6.92 Å². The molecule has 0 unspecified atom stereocenters. The van der Waals surface area contributed by atoms with Gasteiger partial charge in [-0.05, 0) is 78.3 Å². The van der Waals surface area contributed by atoms with Crippen LogP contribution >= 0.6 is 0 Å². The molecule has 0 bridgehead atoms. The Morgan fingerprint density at radius 3 is 2.11 bits per heavy atom. The van der Waals surface area contributed by atoms with Crippen molar-refractivity contribution in [2.24, 2.45) is 0 Å². The van der Waals surface area contributed by atoms with Gasteiger partial charge in [0.1, 0.15) is 5.76 Å². The van der Waals surface area contributed by atoms with Gasteiger partial charge in [0, 0.05) is 5.56 Å². The molecule has 2 aromatic rings. The molecule has 148 valence electrons. The van der Waals surface area contributed by atoms with Gasteiger partial charge >= 0.3 is 0 Å². The van der Waals surface area contributed by atoms with Gasteiger partial charge in [0.25, 0.3) is 0 Å². The molecule has 1 N–H and O–H groups in total. The lowest BCUT2D eigenvalue weighted by Gasteiger charge is -2.42. The molecule has 2 aromatic carbocycles. The van der Waals surface area contributed by atoms with Crippen LogP contribution in [0.15, 0.2) is 54.1 Å². The van der Waals surface area contributed by atoms with Crippen LogP contribution in [0.3, 0.4) is 0 Å². The zero-order valence-electron chi connectivity index (χ0n) is 18.5. The number of rotatable bonds is 3. The minimum atomic E-state index is 0.168. The second-order valence-electron chi connectivity index (χ2n) is 9.59. The molecule has 0 fully saturated rings. The van der Waals surface area contributed by atoms with Crippen LogP contribution in [-0.4, -0.2) is 5.11 Å². The van der Waals surface area contributed by atoms with Crippen molar-refractivity contribution in [2.75, 3.05) is 0 Å². The highest BCUT2D eigenvalue weighted by Gasteiger charge is 2.37. The number of hydrogen-bond acceptors (Lipinski definition) is 1. The summed E-state index contributed by atoms with van der Waals surface area (Å²) in [5.41, 5.74) is 8.84.